The van der Waals surface area contributed by atoms with Gasteiger partial charge >= 0.3 is 0 Å². The van der Waals surface area contributed by atoms with Gasteiger partial charge in [0, 0.05) is 29.0 Å². The molecule has 0 saturated heterocycles. The van der Waals surface area contributed by atoms with E-state index in [1.54, 1.807) is 26.6 Å². The molecular formula is C21H17FN2O2. The molecule has 0 atom stereocenters. The van der Waals surface area contributed by atoms with Crippen LogP contribution in [-0.2, 0) is 0 Å². The summed E-state index contributed by atoms with van der Waals surface area (Å²) >= 11 is 0. The van der Waals surface area contributed by atoms with Crippen LogP contribution in [0.25, 0.3) is 27.8 Å². The Hall–Kier alpha value is -3.34. The highest BCUT2D eigenvalue weighted by Gasteiger charge is 2.12. The molecule has 0 bridgehead atoms. The molecule has 0 aliphatic heterocycles. The number of hydrogen-bond acceptors (Lipinski definition) is 3. The molecule has 2 aromatic carbocycles. The van der Waals surface area contributed by atoms with E-state index in [1.807, 2.05) is 41.1 Å². The van der Waals surface area contributed by atoms with Crippen LogP contribution in [0.3, 0.4) is 0 Å². The van der Waals surface area contributed by atoms with Gasteiger partial charge in [0.2, 0.25) is 0 Å². The summed E-state index contributed by atoms with van der Waals surface area (Å²) in [5, 5.41) is 0. The van der Waals surface area contributed by atoms with Gasteiger partial charge in [-0.1, -0.05) is 12.1 Å². The highest BCUT2D eigenvalue weighted by atomic mass is 19.1. The van der Waals surface area contributed by atoms with Crippen molar-refractivity contribution in [1.29, 1.82) is 0 Å². The summed E-state index contributed by atoms with van der Waals surface area (Å²) in [6, 6.07) is 14.5. The maximum Gasteiger partial charge on any atom is 0.129 e. The Balaban J connectivity index is 1.93. The molecule has 4 nitrogen and oxygen atoms in total. The average molecular weight is 348 g/mol. The van der Waals surface area contributed by atoms with Crippen molar-refractivity contribution in [2.24, 2.45) is 0 Å². The molecule has 130 valence electrons. The number of nitrogens with zero attached hydrogens (tertiary/aromatic N) is 2. The first-order valence-electron chi connectivity index (χ1n) is 8.13. The van der Waals surface area contributed by atoms with E-state index in [-0.39, 0.29) is 5.82 Å². The molecule has 0 N–H and O–H groups in total. The first-order chi connectivity index (χ1) is 12.7. The number of rotatable bonds is 4. The normalized spacial score (nSPS) is 10.9. The molecule has 0 radical (unpaired) electrons. The van der Waals surface area contributed by atoms with Gasteiger partial charge < -0.3 is 13.9 Å². The zero-order valence-electron chi connectivity index (χ0n) is 14.4. The van der Waals surface area contributed by atoms with Crippen LogP contribution in [0.15, 0.2) is 67.3 Å². The molecule has 0 spiro atoms. The van der Waals surface area contributed by atoms with E-state index in [2.05, 4.69) is 11.1 Å². The van der Waals surface area contributed by atoms with Gasteiger partial charge in [0.25, 0.3) is 0 Å². The maximum absolute atomic E-state index is 13.6. The topological polar surface area (TPSA) is 35.8 Å². The van der Waals surface area contributed by atoms with Gasteiger partial charge in [-0.05, 0) is 35.9 Å². The van der Waals surface area contributed by atoms with Crippen molar-refractivity contribution in [2.75, 3.05) is 14.2 Å². The molecular weight excluding hydrogens is 331 g/mol. The standard InChI is InChI=1S/C21H17FN2O2/c1-25-17-6-3-14(4-7-17)19-9-15(12-24-13-23-11-20(19)24)18-8-5-16(22)10-21(18)26-2/h3-13H,1-2H3. The highest BCUT2D eigenvalue weighted by molar-refractivity contribution is 5.85. The molecule has 4 aromatic rings. The summed E-state index contributed by atoms with van der Waals surface area (Å²) in [7, 11) is 3.18. The Morgan fingerprint density at radius 3 is 2.42 bits per heavy atom. The highest BCUT2D eigenvalue weighted by Crippen LogP contribution is 2.35. The molecule has 2 aromatic heterocycles. The third-order valence-electron chi connectivity index (χ3n) is 4.40. The molecule has 4 rings (SSSR count). The summed E-state index contributed by atoms with van der Waals surface area (Å²) in [5.74, 6) is 0.962. The summed E-state index contributed by atoms with van der Waals surface area (Å²) in [6.07, 6.45) is 5.54. The van der Waals surface area contributed by atoms with Crippen LogP contribution in [0.5, 0.6) is 11.5 Å². The minimum atomic E-state index is -0.329. The van der Waals surface area contributed by atoms with E-state index < -0.39 is 0 Å². The van der Waals surface area contributed by atoms with E-state index in [0.29, 0.717) is 5.75 Å². The van der Waals surface area contributed by atoms with E-state index in [0.717, 1.165) is 33.5 Å². The van der Waals surface area contributed by atoms with Crippen molar-refractivity contribution >= 4 is 5.52 Å². The van der Waals surface area contributed by atoms with Crippen molar-refractivity contribution in [2.45, 2.75) is 0 Å². The van der Waals surface area contributed by atoms with Crippen LogP contribution < -0.4 is 9.47 Å². The van der Waals surface area contributed by atoms with E-state index in [4.69, 9.17) is 9.47 Å². The molecule has 5 heteroatoms. The number of pyridine rings is 1. The summed E-state index contributed by atoms with van der Waals surface area (Å²) in [4.78, 5) is 4.26. The zero-order chi connectivity index (χ0) is 18.1. The van der Waals surface area contributed by atoms with Gasteiger partial charge in [0.05, 0.1) is 32.3 Å². The Bertz CT molecular complexity index is 1070. The van der Waals surface area contributed by atoms with Crippen molar-refractivity contribution in [3.05, 3.63) is 73.1 Å². The second-order valence-corrected chi connectivity index (χ2v) is 5.90. The summed E-state index contributed by atoms with van der Waals surface area (Å²) < 4.78 is 26.1. The number of hydrogen-bond donors (Lipinski definition) is 0. The van der Waals surface area contributed by atoms with Gasteiger partial charge in [-0.15, -0.1) is 0 Å². The van der Waals surface area contributed by atoms with Crippen molar-refractivity contribution in [1.82, 2.24) is 9.38 Å². The molecule has 0 saturated carbocycles. The predicted octanol–water partition coefficient (Wildman–Crippen LogP) is 4.82. The first-order valence-corrected chi connectivity index (χ1v) is 8.13. The number of benzene rings is 2. The van der Waals surface area contributed by atoms with Crippen LogP contribution in [-0.4, -0.2) is 23.6 Å². The fourth-order valence-electron chi connectivity index (χ4n) is 3.09. The quantitative estimate of drug-likeness (QED) is 0.530. The van der Waals surface area contributed by atoms with E-state index >= 15 is 0 Å². The van der Waals surface area contributed by atoms with Crippen molar-refractivity contribution in [3.8, 4) is 33.8 Å². The molecule has 0 unspecified atom stereocenters. The first kappa shape index (κ1) is 16.1. The Morgan fingerprint density at radius 2 is 1.69 bits per heavy atom. The summed E-state index contributed by atoms with van der Waals surface area (Å²) in [6.45, 7) is 0. The minimum absolute atomic E-state index is 0.329. The van der Waals surface area contributed by atoms with E-state index in [9.17, 15) is 4.39 Å². The third kappa shape index (κ3) is 2.77. The van der Waals surface area contributed by atoms with Crippen LogP contribution >= 0.6 is 0 Å². The van der Waals surface area contributed by atoms with Crippen LogP contribution in [0.2, 0.25) is 0 Å². The Morgan fingerprint density at radius 1 is 0.885 bits per heavy atom. The SMILES string of the molecule is COc1ccc(-c2cc(-c3ccc(F)cc3OC)cn3cncc23)cc1. The Kier molecular flexibility index (Phi) is 4.05. The van der Waals surface area contributed by atoms with Crippen LogP contribution in [0, 0.1) is 5.82 Å². The number of ether oxygens (including phenoxy) is 2. The maximum atomic E-state index is 13.6. The number of methoxy groups -OCH3 is 2. The molecule has 0 aliphatic carbocycles. The minimum Gasteiger partial charge on any atom is -0.497 e. The van der Waals surface area contributed by atoms with Gasteiger partial charge in [0.1, 0.15) is 17.3 Å². The number of halogens is 1. The second-order valence-electron chi connectivity index (χ2n) is 5.90. The van der Waals surface area contributed by atoms with E-state index in [1.165, 1.54) is 12.1 Å². The van der Waals surface area contributed by atoms with Gasteiger partial charge in [-0.3, -0.25) is 0 Å². The number of fused-ring (bicyclic) bond motifs is 1. The lowest BCUT2D eigenvalue weighted by Crippen LogP contribution is -1.93. The Labute approximate surface area is 150 Å². The van der Waals surface area contributed by atoms with Crippen molar-refractivity contribution in [3.63, 3.8) is 0 Å². The fourth-order valence-corrected chi connectivity index (χ4v) is 3.09. The zero-order valence-corrected chi connectivity index (χ0v) is 14.4. The third-order valence-corrected chi connectivity index (χ3v) is 4.40. The number of imidazole rings is 1. The lowest BCUT2D eigenvalue weighted by molar-refractivity contribution is 0.413. The molecule has 0 aliphatic rings. The fraction of sp³-hybridized carbons (Fsp3) is 0.0952. The van der Waals surface area contributed by atoms with Gasteiger partial charge in [0.15, 0.2) is 0 Å². The monoisotopic (exact) mass is 348 g/mol. The van der Waals surface area contributed by atoms with Crippen LogP contribution in [0.4, 0.5) is 4.39 Å². The van der Waals surface area contributed by atoms with Gasteiger partial charge in [-0.25, -0.2) is 9.37 Å². The molecule has 0 fully saturated rings. The summed E-state index contributed by atoms with van der Waals surface area (Å²) in [5.41, 5.74) is 4.78. The van der Waals surface area contributed by atoms with Crippen LogP contribution in [0.1, 0.15) is 0 Å². The molecule has 0 amide bonds. The lowest BCUT2D eigenvalue weighted by Gasteiger charge is -2.13. The van der Waals surface area contributed by atoms with Crippen molar-refractivity contribution < 1.29 is 13.9 Å². The number of aromatic nitrogens is 2. The van der Waals surface area contributed by atoms with Gasteiger partial charge in [-0.2, -0.15) is 0 Å². The lowest BCUT2D eigenvalue weighted by atomic mass is 9.99. The average Bonchev–Trinajstić information content (AvgIpc) is 3.16. The smallest absolute Gasteiger partial charge is 0.129 e. The molecule has 2 heterocycles. The molecule has 26 heavy (non-hydrogen) atoms. The predicted molar refractivity (Wildman–Crippen MR) is 99.1 cm³/mol. The second kappa shape index (κ2) is 6.52. The largest absolute Gasteiger partial charge is 0.497 e.